The van der Waals surface area contributed by atoms with Gasteiger partial charge in [0.15, 0.2) is 11.6 Å². The van der Waals surface area contributed by atoms with Crippen LogP contribution >= 0.6 is 0 Å². The van der Waals surface area contributed by atoms with Crippen LogP contribution < -0.4 is 4.74 Å². The molecule has 2 heterocycles. The zero-order valence-corrected chi connectivity index (χ0v) is 15.8. The van der Waals surface area contributed by atoms with Gasteiger partial charge >= 0.3 is 0 Å². The van der Waals surface area contributed by atoms with Crippen molar-refractivity contribution in [3.05, 3.63) is 47.5 Å². The summed E-state index contributed by atoms with van der Waals surface area (Å²) in [7, 11) is 0. The second-order valence-corrected chi connectivity index (χ2v) is 8.00. The molecule has 1 saturated heterocycles. The molecule has 1 aromatic carbocycles. The summed E-state index contributed by atoms with van der Waals surface area (Å²) in [5.74, 6) is -0.0620. The fraction of sp³-hybridized carbons (Fsp3) is 0.550. The van der Waals surface area contributed by atoms with E-state index < -0.39 is 0 Å². The van der Waals surface area contributed by atoms with Crippen molar-refractivity contribution in [2.45, 2.75) is 33.3 Å². The third-order valence-corrected chi connectivity index (χ3v) is 4.29. The summed E-state index contributed by atoms with van der Waals surface area (Å²) >= 11 is 0. The molecule has 5 nitrogen and oxygen atoms in total. The van der Waals surface area contributed by atoms with Gasteiger partial charge in [0.2, 0.25) is 0 Å². The lowest BCUT2D eigenvalue weighted by Crippen LogP contribution is -2.42. The summed E-state index contributed by atoms with van der Waals surface area (Å²) < 4.78 is 25.0. The number of H-pyrrole nitrogens is 1. The number of nitrogens with one attached hydrogen (secondary N) is 1. The molecule has 1 aromatic heterocycles. The Morgan fingerprint density at radius 1 is 1.35 bits per heavy atom. The summed E-state index contributed by atoms with van der Waals surface area (Å²) in [6.07, 6.45) is 0.628. The molecule has 26 heavy (non-hydrogen) atoms. The Labute approximate surface area is 154 Å². The van der Waals surface area contributed by atoms with E-state index in [1.54, 1.807) is 18.2 Å². The van der Waals surface area contributed by atoms with Crippen LogP contribution in [0, 0.1) is 11.2 Å². The maximum Gasteiger partial charge on any atom is 0.165 e. The first-order chi connectivity index (χ1) is 12.4. The number of nitrogens with zero attached hydrogens (tertiary/aromatic N) is 2. The zero-order valence-electron chi connectivity index (χ0n) is 15.8. The fourth-order valence-corrected chi connectivity index (χ4v) is 3.20. The Morgan fingerprint density at radius 3 is 2.92 bits per heavy atom. The number of morpholine rings is 1. The first-order valence-corrected chi connectivity index (χ1v) is 9.16. The van der Waals surface area contributed by atoms with Gasteiger partial charge in [-0.1, -0.05) is 32.9 Å². The highest BCUT2D eigenvalue weighted by molar-refractivity contribution is 5.23. The second kappa shape index (κ2) is 8.18. The van der Waals surface area contributed by atoms with E-state index >= 15 is 0 Å². The van der Waals surface area contributed by atoms with Crippen LogP contribution in [-0.4, -0.2) is 47.9 Å². The predicted molar refractivity (Wildman–Crippen MR) is 98.8 cm³/mol. The van der Waals surface area contributed by atoms with Crippen LogP contribution in [0.3, 0.4) is 0 Å². The summed E-state index contributed by atoms with van der Waals surface area (Å²) in [5, 5.41) is 7.45. The van der Waals surface area contributed by atoms with Crippen molar-refractivity contribution in [3.63, 3.8) is 0 Å². The molecular weight excluding hydrogens is 333 g/mol. The van der Waals surface area contributed by atoms with Gasteiger partial charge < -0.3 is 9.47 Å². The van der Waals surface area contributed by atoms with Gasteiger partial charge in [0, 0.05) is 31.7 Å². The van der Waals surface area contributed by atoms with Gasteiger partial charge in [0.1, 0.15) is 6.10 Å². The molecule has 2 aromatic rings. The predicted octanol–water partition coefficient (Wildman–Crippen LogP) is 3.59. The van der Waals surface area contributed by atoms with Gasteiger partial charge in [0.05, 0.1) is 18.9 Å². The number of aromatic nitrogens is 2. The van der Waals surface area contributed by atoms with Crippen LogP contribution in [0.1, 0.15) is 38.3 Å². The third kappa shape index (κ3) is 5.29. The number of rotatable bonds is 6. The molecule has 0 saturated carbocycles. The number of aromatic amines is 1. The summed E-state index contributed by atoms with van der Waals surface area (Å²) in [5.41, 5.74) is 2.15. The molecular formula is C20H28FN3O2. The average Bonchev–Trinajstić information content (AvgIpc) is 3.04. The van der Waals surface area contributed by atoms with Gasteiger partial charge in [-0.2, -0.15) is 5.10 Å². The summed E-state index contributed by atoms with van der Waals surface area (Å²) in [4.78, 5) is 2.43. The molecule has 1 N–H and O–H groups in total. The Balaban J connectivity index is 1.52. The smallest absolute Gasteiger partial charge is 0.165 e. The minimum absolute atomic E-state index is 0.0106. The van der Waals surface area contributed by atoms with E-state index in [1.807, 2.05) is 6.07 Å². The van der Waals surface area contributed by atoms with Crippen molar-refractivity contribution < 1.29 is 13.9 Å². The quantitative estimate of drug-likeness (QED) is 0.854. The van der Waals surface area contributed by atoms with Crippen LogP contribution in [0.2, 0.25) is 0 Å². The highest BCUT2D eigenvalue weighted by atomic mass is 19.1. The Morgan fingerprint density at radius 2 is 2.15 bits per heavy atom. The Kier molecular flexibility index (Phi) is 5.94. The maximum absolute atomic E-state index is 13.6. The van der Waals surface area contributed by atoms with Crippen molar-refractivity contribution in [2.75, 3.05) is 32.8 Å². The number of halogens is 1. The molecule has 142 valence electrons. The number of benzene rings is 1. The van der Waals surface area contributed by atoms with Gasteiger partial charge in [-0.05, 0) is 23.6 Å². The Bertz CT molecular complexity index is 711. The molecule has 0 spiro atoms. The van der Waals surface area contributed by atoms with Crippen molar-refractivity contribution >= 4 is 0 Å². The van der Waals surface area contributed by atoms with Crippen LogP contribution in [0.5, 0.6) is 5.75 Å². The number of ether oxygens (including phenoxy) is 2. The van der Waals surface area contributed by atoms with E-state index in [9.17, 15) is 4.39 Å². The molecule has 0 unspecified atom stereocenters. The van der Waals surface area contributed by atoms with E-state index in [1.165, 1.54) is 6.07 Å². The fourth-order valence-electron chi connectivity index (χ4n) is 3.20. The molecule has 0 radical (unpaired) electrons. The second-order valence-electron chi connectivity index (χ2n) is 8.00. The van der Waals surface area contributed by atoms with Crippen LogP contribution in [0.25, 0.3) is 0 Å². The van der Waals surface area contributed by atoms with Gasteiger partial charge in [-0.15, -0.1) is 0 Å². The average molecular weight is 361 g/mol. The molecule has 1 atom stereocenters. The SMILES string of the molecule is CC(C)(C)CN1CCO[C@H](c2cc(CCOc3ccccc3F)[nH]n2)C1. The highest BCUT2D eigenvalue weighted by Crippen LogP contribution is 2.24. The summed E-state index contributed by atoms with van der Waals surface area (Å²) in [6, 6.07) is 8.46. The molecule has 0 amide bonds. The van der Waals surface area contributed by atoms with E-state index in [-0.39, 0.29) is 23.1 Å². The number of hydrogen-bond donors (Lipinski definition) is 1. The van der Waals surface area contributed by atoms with Crippen molar-refractivity contribution in [3.8, 4) is 5.75 Å². The van der Waals surface area contributed by atoms with E-state index in [0.717, 1.165) is 37.6 Å². The lowest BCUT2D eigenvalue weighted by atomic mass is 9.95. The van der Waals surface area contributed by atoms with Gasteiger partial charge in [-0.3, -0.25) is 10.00 Å². The minimum atomic E-state index is -0.340. The lowest BCUT2D eigenvalue weighted by Gasteiger charge is -2.36. The van der Waals surface area contributed by atoms with Gasteiger partial charge in [0.25, 0.3) is 0 Å². The molecule has 0 aliphatic carbocycles. The van der Waals surface area contributed by atoms with Crippen LogP contribution in [-0.2, 0) is 11.2 Å². The first-order valence-electron chi connectivity index (χ1n) is 9.16. The normalized spacial score (nSPS) is 18.8. The largest absolute Gasteiger partial charge is 0.490 e. The molecule has 0 bridgehead atoms. The van der Waals surface area contributed by atoms with Crippen molar-refractivity contribution in [2.24, 2.45) is 5.41 Å². The monoisotopic (exact) mass is 361 g/mol. The zero-order chi connectivity index (χ0) is 18.6. The highest BCUT2D eigenvalue weighted by Gasteiger charge is 2.26. The minimum Gasteiger partial charge on any atom is -0.490 e. The van der Waals surface area contributed by atoms with E-state index in [2.05, 4.69) is 35.9 Å². The standard InChI is InChI=1S/C20H28FN3O2/c1-20(2,3)14-24-9-11-26-19(13-24)17-12-15(22-23-17)8-10-25-18-7-5-4-6-16(18)21/h4-7,12,19H,8-11,13-14H2,1-3H3,(H,22,23)/t19-/m0/s1. The van der Waals surface area contributed by atoms with Crippen LogP contribution in [0.15, 0.2) is 30.3 Å². The van der Waals surface area contributed by atoms with Crippen molar-refractivity contribution in [1.82, 2.24) is 15.1 Å². The molecule has 1 aliphatic rings. The topological polar surface area (TPSA) is 50.4 Å². The third-order valence-electron chi connectivity index (χ3n) is 4.29. The lowest BCUT2D eigenvalue weighted by molar-refractivity contribution is -0.0407. The molecule has 6 heteroatoms. The molecule has 1 fully saturated rings. The van der Waals surface area contributed by atoms with E-state index in [0.29, 0.717) is 13.0 Å². The maximum atomic E-state index is 13.6. The number of hydrogen-bond acceptors (Lipinski definition) is 4. The van der Waals surface area contributed by atoms with Gasteiger partial charge in [-0.25, -0.2) is 4.39 Å². The van der Waals surface area contributed by atoms with E-state index in [4.69, 9.17) is 9.47 Å². The molecule has 3 rings (SSSR count). The van der Waals surface area contributed by atoms with Crippen LogP contribution in [0.4, 0.5) is 4.39 Å². The first kappa shape index (κ1) is 18.9. The molecule has 1 aliphatic heterocycles. The summed E-state index contributed by atoms with van der Waals surface area (Å²) in [6.45, 7) is 10.7. The number of para-hydroxylation sites is 1. The van der Waals surface area contributed by atoms with Crippen molar-refractivity contribution in [1.29, 1.82) is 0 Å². The Hall–Kier alpha value is -1.92.